The van der Waals surface area contributed by atoms with Crippen LogP contribution in [-0.4, -0.2) is 95.1 Å². The normalized spacial score (nSPS) is 10.2. The van der Waals surface area contributed by atoms with E-state index in [0.29, 0.717) is 73.8 Å². The van der Waals surface area contributed by atoms with E-state index in [0.717, 1.165) is 34.4 Å². The van der Waals surface area contributed by atoms with Crippen molar-refractivity contribution in [1.29, 1.82) is 0 Å². The largest absolute Gasteiger partial charge is 0.487 e. The van der Waals surface area contributed by atoms with Crippen LogP contribution in [0.25, 0.3) is 0 Å². The van der Waals surface area contributed by atoms with E-state index < -0.39 is 41.4 Å². The first kappa shape index (κ1) is 82.8. The van der Waals surface area contributed by atoms with Gasteiger partial charge in [-0.05, 0) is 151 Å². The van der Waals surface area contributed by atoms with E-state index in [4.69, 9.17) is 47.6 Å². The third-order valence-electron chi connectivity index (χ3n) is 15.7. The van der Waals surface area contributed by atoms with Crippen LogP contribution in [0.1, 0.15) is 125 Å². The van der Waals surface area contributed by atoms with Gasteiger partial charge in [-0.1, -0.05) is 54.5 Å². The summed E-state index contributed by atoms with van der Waals surface area (Å²) in [6, 6.07) is 49.3. The summed E-state index contributed by atoms with van der Waals surface area (Å²) in [6.45, 7) is 4.03. The smallest absolute Gasteiger partial charge is 0.274 e. The molecular weight excluding hydrogens is 1480 g/mol. The molecule has 0 atom stereocenters. The number of ether oxygens (including phenoxy) is 4. The Morgan fingerprint density at radius 1 is 0.400 bits per heavy atom. The number of primary amides is 4. The van der Waals surface area contributed by atoms with Crippen LogP contribution in [0.5, 0.6) is 23.0 Å². The minimum Gasteiger partial charge on any atom is -0.487 e. The van der Waals surface area contributed by atoms with Crippen molar-refractivity contribution in [2.24, 2.45) is 22.9 Å². The molecule has 115 heavy (non-hydrogen) atoms. The molecule has 0 aliphatic rings. The fourth-order valence-electron chi connectivity index (χ4n) is 9.91. The van der Waals surface area contributed by atoms with Gasteiger partial charge in [0, 0.05) is 114 Å². The zero-order chi connectivity index (χ0) is 82.3. The molecule has 32 heteroatoms. The molecule has 0 aliphatic carbocycles. The van der Waals surface area contributed by atoms with E-state index in [1.165, 1.54) is 97.9 Å². The summed E-state index contributed by atoms with van der Waals surface area (Å²) >= 11 is 0. The Hall–Kier alpha value is -16.2. The van der Waals surface area contributed by atoms with Crippen LogP contribution < -0.4 is 73.8 Å². The molecule has 0 saturated carbocycles. The summed E-state index contributed by atoms with van der Waals surface area (Å²) in [5.41, 5.74) is 35.4. The molecule has 0 saturated heterocycles. The number of benzene rings is 5. The first-order chi connectivity index (χ1) is 55.3. The minimum atomic E-state index is -1.08. The SMILES string of the molecule is CC#Cc1ccc(C(=O)Nc2cccc(COc3cncc(C(N)=O)c3)c2)nc1.CC(=O)N(C)c1ccc(C(=O)Nc2cccc(COc3cncc(C(N)=O)c3)c2)cc1.NC(=O)c1cncc(OCc2cccc(NC(=O)c3cc(F)nc(F)c3)c2)c1.NC(=O)c1cncc(OCc2cccc(NC(=O)c3ccnc(N)c3)c2)c1. The first-order valence-electron chi connectivity index (χ1n) is 34.2. The van der Waals surface area contributed by atoms with Crippen LogP contribution in [0.15, 0.2) is 244 Å². The monoisotopic (exact) mass is 1550 g/mol. The number of halogens is 2. The van der Waals surface area contributed by atoms with Gasteiger partial charge in [-0.25, -0.2) is 9.97 Å². The van der Waals surface area contributed by atoms with Crippen molar-refractivity contribution < 1.29 is 70.9 Å². The van der Waals surface area contributed by atoms with Gasteiger partial charge in [0.25, 0.3) is 23.6 Å². The molecule has 5 aromatic carbocycles. The van der Waals surface area contributed by atoms with Gasteiger partial charge in [0.05, 0.1) is 47.0 Å². The second-order valence-electron chi connectivity index (χ2n) is 24.3. The van der Waals surface area contributed by atoms with Crippen molar-refractivity contribution in [2.75, 3.05) is 38.9 Å². The van der Waals surface area contributed by atoms with E-state index >= 15 is 0 Å². The van der Waals surface area contributed by atoms with Gasteiger partial charge in [-0.15, -0.1) is 5.92 Å². The number of hydrogen-bond donors (Lipinski definition) is 9. The van der Waals surface area contributed by atoms with Gasteiger partial charge in [0.15, 0.2) is 0 Å². The maximum Gasteiger partial charge on any atom is 0.274 e. The lowest BCUT2D eigenvalue weighted by molar-refractivity contribution is -0.116. The van der Waals surface area contributed by atoms with Gasteiger partial charge in [-0.3, -0.25) is 63.1 Å². The van der Waals surface area contributed by atoms with Crippen LogP contribution in [0.4, 0.5) is 43.0 Å². The van der Waals surface area contributed by atoms with Crippen LogP contribution in [-0.2, 0) is 31.2 Å². The Labute approximate surface area is 655 Å². The van der Waals surface area contributed by atoms with Crippen LogP contribution in [0.2, 0.25) is 0 Å². The van der Waals surface area contributed by atoms with Crippen molar-refractivity contribution in [3.05, 3.63) is 328 Å². The Morgan fingerprint density at radius 3 is 1.10 bits per heavy atom. The molecule has 0 bridgehead atoms. The van der Waals surface area contributed by atoms with Crippen LogP contribution in [0, 0.1) is 23.7 Å². The van der Waals surface area contributed by atoms with Crippen molar-refractivity contribution in [1.82, 2.24) is 34.9 Å². The lowest BCUT2D eigenvalue weighted by Gasteiger charge is -2.15. The average molecular weight is 1550 g/mol. The van der Waals surface area contributed by atoms with Gasteiger partial charge in [-0.2, -0.15) is 13.8 Å². The molecule has 0 unspecified atom stereocenters. The summed E-state index contributed by atoms with van der Waals surface area (Å²) in [5, 5.41) is 11.0. The van der Waals surface area contributed by atoms with Crippen LogP contribution >= 0.6 is 0 Å². The molecule has 30 nitrogen and oxygen atoms in total. The van der Waals surface area contributed by atoms with E-state index in [1.807, 2.05) is 18.2 Å². The summed E-state index contributed by atoms with van der Waals surface area (Å²) < 4.78 is 48.8. The third kappa shape index (κ3) is 26.3. The molecule has 0 aliphatic heterocycles. The average Bonchev–Trinajstić information content (AvgIpc) is 0.848. The fraction of sp³-hybridized carbons (Fsp3) is 0.0843. The van der Waals surface area contributed by atoms with E-state index in [9.17, 15) is 51.9 Å². The zero-order valence-electron chi connectivity index (χ0n) is 61.5. The molecule has 0 fully saturated rings. The number of amides is 9. The molecular formula is C83H71F2N17O13. The number of nitrogens with one attached hydrogen (secondary N) is 4. The number of carbonyl (C=O) groups is 9. The van der Waals surface area contributed by atoms with Gasteiger partial charge < -0.3 is 73.8 Å². The lowest BCUT2D eigenvalue weighted by Crippen LogP contribution is -2.22. The number of aromatic nitrogens is 7. The molecule has 7 aromatic heterocycles. The maximum atomic E-state index is 13.1. The van der Waals surface area contributed by atoms with E-state index in [1.54, 1.807) is 141 Å². The molecule has 580 valence electrons. The van der Waals surface area contributed by atoms with Gasteiger partial charge in [0.2, 0.25) is 41.4 Å². The lowest BCUT2D eigenvalue weighted by atomic mass is 10.1. The Morgan fingerprint density at radius 2 is 0.765 bits per heavy atom. The molecule has 12 aromatic rings. The second kappa shape index (κ2) is 40.8. The maximum absolute atomic E-state index is 13.1. The topological polar surface area (TPSA) is 462 Å². The van der Waals surface area contributed by atoms with Gasteiger partial charge >= 0.3 is 0 Å². The number of nitrogens with zero attached hydrogens (tertiary/aromatic N) is 8. The van der Waals surface area contributed by atoms with Crippen molar-refractivity contribution in [2.45, 2.75) is 40.3 Å². The standard InChI is InChI=1S/C23H22N4O4.C22H18N4O3.C19H14F2N4O3.C19H17N5O3/c1-15(28)27(2)20-8-6-17(7-9-20)23(30)26-19-5-3-4-16(10-19)14-31-21-11-18(22(24)29)12-25-13-21;1-2-4-15-7-8-20(25-11-15)22(28)26-18-6-3-5-16(9-18)14-29-19-10-17(21(23)27)12-24-13-19;20-16-6-12(7-17(21)25-16)19(27)24-14-3-1-2-11(4-14)10-28-15-5-13(18(22)26)8-23-9-15;20-17-8-13(4-5-23-17)19(26)24-15-3-1-2-12(6-15)11-27-16-7-14(18(21)25)9-22-10-16/h3-13H,14H2,1-2H3,(H2,24,29)(H,26,30);3,5-13H,14H2,1H3,(H2,23,27)(H,26,28);1-9H,10H2,(H2,22,26)(H,24,27);1-10H,11H2,(H2,20,23)(H2,21,25)(H,24,26). The van der Waals surface area contributed by atoms with Crippen molar-refractivity contribution >= 4 is 87.4 Å². The summed E-state index contributed by atoms with van der Waals surface area (Å²) in [6.07, 6.45) is 14.4. The number of nitrogens with two attached hydrogens (primary N) is 5. The Balaban J connectivity index is 0.000000176. The summed E-state index contributed by atoms with van der Waals surface area (Å²) in [5.74, 6) is 1.39. The van der Waals surface area contributed by atoms with Crippen molar-refractivity contribution in [3.8, 4) is 34.8 Å². The number of rotatable bonds is 25. The number of hydrogen-bond acceptors (Lipinski definition) is 21. The molecule has 12 rings (SSSR count). The highest BCUT2D eigenvalue weighted by Gasteiger charge is 2.16. The molecule has 9 amide bonds. The molecule has 0 radical (unpaired) electrons. The summed E-state index contributed by atoms with van der Waals surface area (Å²) in [4.78, 5) is 134. The second-order valence-corrected chi connectivity index (χ2v) is 24.3. The molecule has 14 N–H and O–H groups in total. The fourth-order valence-corrected chi connectivity index (χ4v) is 9.91. The highest BCUT2D eigenvalue weighted by atomic mass is 19.1. The van der Waals surface area contributed by atoms with Crippen LogP contribution in [0.3, 0.4) is 0 Å². The first-order valence-corrected chi connectivity index (χ1v) is 34.2. The number of carbonyl (C=O) groups excluding carboxylic acids is 9. The minimum absolute atomic E-state index is 0.0895. The third-order valence-corrected chi connectivity index (χ3v) is 15.7. The van der Waals surface area contributed by atoms with E-state index in [-0.39, 0.29) is 83.7 Å². The Bertz CT molecular complexity index is 5600. The quantitative estimate of drug-likeness (QED) is 0.0190. The number of nitrogen functional groups attached to an aromatic ring is 1. The highest BCUT2D eigenvalue weighted by Crippen LogP contribution is 2.24. The zero-order valence-corrected chi connectivity index (χ0v) is 61.5. The van der Waals surface area contributed by atoms with E-state index in [2.05, 4.69) is 68.0 Å². The predicted octanol–water partition coefficient (Wildman–Crippen LogP) is 10.4. The Kier molecular flexibility index (Phi) is 29.4. The van der Waals surface area contributed by atoms with Crippen molar-refractivity contribution in [3.63, 3.8) is 0 Å². The number of pyridine rings is 7. The van der Waals surface area contributed by atoms with Gasteiger partial charge in [0.1, 0.15) is 60.9 Å². The number of anilines is 6. The summed E-state index contributed by atoms with van der Waals surface area (Å²) in [7, 11) is 1.67. The predicted molar refractivity (Wildman–Crippen MR) is 421 cm³/mol. The molecule has 7 heterocycles. The highest BCUT2D eigenvalue weighted by molar-refractivity contribution is 6.07. The molecule has 0 spiro atoms.